The summed E-state index contributed by atoms with van der Waals surface area (Å²) in [5.41, 5.74) is -0.547. The molecule has 0 aliphatic heterocycles. The van der Waals surface area contributed by atoms with Crippen LogP contribution in [0.15, 0.2) is 36.4 Å². The predicted octanol–water partition coefficient (Wildman–Crippen LogP) is 3.75. The Kier molecular flexibility index (Phi) is 2.76. The van der Waals surface area contributed by atoms with Gasteiger partial charge in [-0.2, -0.15) is 15.8 Å². The van der Waals surface area contributed by atoms with Gasteiger partial charge in [0.05, 0.1) is 11.1 Å². The second kappa shape index (κ2) is 4.60. The lowest BCUT2D eigenvalue weighted by Crippen LogP contribution is -1.98. The van der Waals surface area contributed by atoms with E-state index in [0.717, 1.165) is 5.39 Å². The van der Waals surface area contributed by atoms with Crippen LogP contribution in [0.4, 0.5) is 4.39 Å². The molecule has 0 spiro atoms. The van der Waals surface area contributed by atoms with Crippen molar-refractivity contribution in [1.29, 1.82) is 15.8 Å². The normalized spacial score (nSPS) is 10.0. The van der Waals surface area contributed by atoms with Gasteiger partial charge in [0.25, 0.3) is 0 Å². The van der Waals surface area contributed by atoms with Crippen molar-refractivity contribution >= 4 is 21.5 Å². The Hall–Kier alpha value is -3.42. The van der Waals surface area contributed by atoms with Crippen molar-refractivity contribution in [1.82, 2.24) is 0 Å². The first-order valence-corrected chi connectivity index (χ1v) is 6.10. The summed E-state index contributed by atoms with van der Waals surface area (Å²) in [5, 5.41) is 29.6. The third kappa shape index (κ3) is 1.62. The van der Waals surface area contributed by atoms with Crippen LogP contribution in [0, 0.1) is 39.8 Å². The highest BCUT2D eigenvalue weighted by molar-refractivity contribution is 6.10. The largest absolute Gasteiger partial charge is 0.205 e. The van der Waals surface area contributed by atoms with Gasteiger partial charge in [0.15, 0.2) is 5.82 Å². The predicted molar refractivity (Wildman–Crippen MR) is 75.6 cm³/mol. The molecule has 0 aromatic heterocycles. The summed E-state index contributed by atoms with van der Waals surface area (Å²) < 4.78 is 14.7. The molecule has 4 heteroatoms. The minimum Gasteiger partial charge on any atom is -0.205 e. The third-order valence-corrected chi connectivity index (χ3v) is 3.47. The van der Waals surface area contributed by atoms with E-state index in [2.05, 4.69) is 0 Å². The lowest BCUT2D eigenvalue weighted by molar-refractivity contribution is 0.636. The van der Waals surface area contributed by atoms with Gasteiger partial charge in [-0.3, -0.25) is 0 Å². The van der Waals surface area contributed by atoms with Crippen LogP contribution in [0.25, 0.3) is 21.5 Å². The van der Waals surface area contributed by atoms with Gasteiger partial charge in [-0.1, -0.05) is 36.4 Å². The lowest BCUT2D eigenvalue weighted by atomic mass is 9.92. The molecule has 0 heterocycles. The average Bonchev–Trinajstić information content (AvgIpc) is 2.53. The lowest BCUT2D eigenvalue weighted by Gasteiger charge is -2.09. The Labute approximate surface area is 119 Å². The van der Waals surface area contributed by atoms with Crippen molar-refractivity contribution in [2.24, 2.45) is 0 Å². The minimum absolute atomic E-state index is 0.0382. The first-order chi connectivity index (χ1) is 10.2. The van der Waals surface area contributed by atoms with Crippen molar-refractivity contribution in [2.45, 2.75) is 0 Å². The molecule has 96 valence electrons. The number of hydrogen-bond acceptors (Lipinski definition) is 3. The molecule has 0 radical (unpaired) electrons. The summed E-state index contributed by atoms with van der Waals surface area (Å²) >= 11 is 0. The second-order valence-electron chi connectivity index (χ2n) is 4.48. The van der Waals surface area contributed by atoms with E-state index < -0.39 is 5.82 Å². The fourth-order valence-electron chi connectivity index (χ4n) is 2.54. The SMILES string of the molecule is N#Cc1c(C#N)c(F)c2c(ccc3ccccc32)c1C#N. The van der Waals surface area contributed by atoms with E-state index in [1.165, 1.54) is 0 Å². The molecule has 0 amide bonds. The highest BCUT2D eigenvalue weighted by Gasteiger charge is 2.20. The number of halogens is 1. The fourth-order valence-corrected chi connectivity index (χ4v) is 2.54. The minimum atomic E-state index is -0.750. The summed E-state index contributed by atoms with van der Waals surface area (Å²) in [6, 6.07) is 15.9. The zero-order valence-corrected chi connectivity index (χ0v) is 10.7. The Balaban J connectivity index is 2.72. The maximum absolute atomic E-state index is 14.7. The third-order valence-electron chi connectivity index (χ3n) is 3.47. The number of hydrogen-bond donors (Lipinski definition) is 0. The Bertz CT molecular complexity index is 1030. The Morgan fingerprint density at radius 1 is 0.714 bits per heavy atom. The van der Waals surface area contributed by atoms with E-state index in [1.807, 2.05) is 18.2 Å². The molecule has 0 saturated carbocycles. The summed E-state index contributed by atoms with van der Waals surface area (Å²) in [6.07, 6.45) is 0. The van der Waals surface area contributed by atoms with E-state index in [1.54, 1.807) is 36.4 Å². The number of nitrogens with zero attached hydrogens (tertiary/aromatic N) is 3. The highest BCUT2D eigenvalue weighted by Crippen LogP contribution is 2.33. The standard InChI is InChI=1S/C17H6FN3/c18-17-15(9-21)14(8-20)13(7-19)12-6-5-10-3-1-2-4-11(10)16(12)17/h1-6H. The van der Waals surface area contributed by atoms with Crippen LogP contribution in [-0.4, -0.2) is 0 Å². The molecule has 0 aliphatic rings. The number of nitriles is 3. The molecule has 3 rings (SSSR count). The van der Waals surface area contributed by atoms with Crippen LogP contribution >= 0.6 is 0 Å². The van der Waals surface area contributed by atoms with Gasteiger partial charge in [-0.25, -0.2) is 4.39 Å². The van der Waals surface area contributed by atoms with Gasteiger partial charge >= 0.3 is 0 Å². The number of fused-ring (bicyclic) bond motifs is 3. The monoisotopic (exact) mass is 271 g/mol. The van der Waals surface area contributed by atoms with Crippen LogP contribution in [0.3, 0.4) is 0 Å². The molecule has 3 aromatic carbocycles. The molecule has 0 unspecified atom stereocenters. The molecule has 0 bridgehead atoms. The van der Waals surface area contributed by atoms with Crippen molar-refractivity contribution in [2.75, 3.05) is 0 Å². The smallest absolute Gasteiger partial charge is 0.150 e. The van der Waals surface area contributed by atoms with Crippen LogP contribution in [-0.2, 0) is 0 Å². The molecule has 3 aromatic rings. The highest BCUT2D eigenvalue weighted by atomic mass is 19.1. The summed E-state index contributed by atoms with van der Waals surface area (Å²) in [4.78, 5) is 0. The van der Waals surface area contributed by atoms with Crippen LogP contribution in [0.1, 0.15) is 16.7 Å². The first kappa shape index (κ1) is 12.6. The van der Waals surface area contributed by atoms with Crippen molar-refractivity contribution in [3.05, 3.63) is 58.9 Å². The first-order valence-electron chi connectivity index (χ1n) is 6.10. The second-order valence-corrected chi connectivity index (χ2v) is 4.48. The van der Waals surface area contributed by atoms with Crippen LogP contribution in [0.5, 0.6) is 0 Å². The number of benzene rings is 3. The maximum atomic E-state index is 14.7. The fraction of sp³-hybridized carbons (Fsp3) is 0. The van der Waals surface area contributed by atoms with Crippen molar-refractivity contribution in [3.63, 3.8) is 0 Å². The molecule has 0 N–H and O–H groups in total. The topological polar surface area (TPSA) is 71.4 Å². The summed E-state index contributed by atoms with van der Waals surface area (Å²) in [5.74, 6) is -0.750. The Morgan fingerprint density at radius 3 is 2.05 bits per heavy atom. The molecule has 0 fully saturated rings. The molecule has 0 atom stereocenters. The zero-order valence-electron chi connectivity index (χ0n) is 10.7. The van der Waals surface area contributed by atoms with Crippen molar-refractivity contribution in [3.8, 4) is 18.2 Å². The van der Waals surface area contributed by atoms with Crippen LogP contribution in [0.2, 0.25) is 0 Å². The molecule has 3 nitrogen and oxygen atoms in total. The average molecular weight is 271 g/mol. The van der Waals surface area contributed by atoms with Gasteiger partial charge in [0.1, 0.15) is 23.8 Å². The maximum Gasteiger partial charge on any atom is 0.150 e. The molecule has 21 heavy (non-hydrogen) atoms. The van der Waals surface area contributed by atoms with Gasteiger partial charge in [-0.05, 0) is 10.8 Å². The zero-order chi connectivity index (χ0) is 15.0. The van der Waals surface area contributed by atoms with Gasteiger partial charge in [0, 0.05) is 10.8 Å². The van der Waals surface area contributed by atoms with E-state index in [9.17, 15) is 9.65 Å². The van der Waals surface area contributed by atoms with E-state index in [0.29, 0.717) is 10.8 Å². The molecule has 0 saturated heterocycles. The molecular weight excluding hydrogens is 265 g/mol. The van der Waals surface area contributed by atoms with Crippen molar-refractivity contribution < 1.29 is 4.39 Å². The van der Waals surface area contributed by atoms with E-state index >= 15 is 0 Å². The quantitative estimate of drug-likeness (QED) is 0.584. The van der Waals surface area contributed by atoms with Gasteiger partial charge in [0.2, 0.25) is 0 Å². The van der Waals surface area contributed by atoms with E-state index in [4.69, 9.17) is 10.5 Å². The van der Waals surface area contributed by atoms with Gasteiger partial charge in [-0.15, -0.1) is 0 Å². The summed E-state index contributed by atoms with van der Waals surface area (Å²) in [6.45, 7) is 0. The van der Waals surface area contributed by atoms with Crippen LogP contribution < -0.4 is 0 Å². The van der Waals surface area contributed by atoms with E-state index in [-0.39, 0.29) is 22.1 Å². The summed E-state index contributed by atoms with van der Waals surface area (Å²) in [7, 11) is 0. The number of rotatable bonds is 0. The Morgan fingerprint density at radius 2 is 1.38 bits per heavy atom. The molecule has 0 aliphatic carbocycles. The molecular formula is C17H6FN3. The van der Waals surface area contributed by atoms with Gasteiger partial charge < -0.3 is 0 Å².